The van der Waals surface area contributed by atoms with Crippen molar-refractivity contribution in [2.45, 2.75) is 6.92 Å². The van der Waals surface area contributed by atoms with Crippen molar-refractivity contribution in [2.75, 3.05) is 0 Å². The monoisotopic (exact) mass is 349 g/mol. The maximum atomic E-state index is 11.1. The van der Waals surface area contributed by atoms with Crippen LogP contribution in [0, 0.1) is 22.4 Å². The zero-order chi connectivity index (χ0) is 15.6. The zero-order valence-corrected chi connectivity index (χ0v) is 12.7. The van der Waals surface area contributed by atoms with Gasteiger partial charge >= 0.3 is 5.69 Å². The molecule has 0 heterocycles. The molecule has 0 unspecified atom stereocenters. The fourth-order valence-corrected chi connectivity index (χ4v) is 2.28. The van der Waals surface area contributed by atoms with Crippen LogP contribution >= 0.6 is 15.9 Å². The van der Waals surface area contributed by atoms with Crippen molar-refractivity contribution in [3.8, 4) is 11.5 Å². The van der Waals surface area contributed by atoms with Crippen LogP contribution in [-0.2, 0) is 0 Å². The Morgan fingerprint density at radius 1 is 1.29 bits per heavy atom. The third kappa shape index (κ3) is 3.03. The number of ether oxygens (including phenoxy) is 1. The topological polar surface area (TPSA) is 102 Å². The van der Waals surface area contributed by atoms with Gasteiger partial charge in [0, 0.05) is 6.07 Å². The average Bonchev–Trinajstić information content (AvgIpc) is 2.42. The highest BCUT2D eigenvalue weighted by atomic mass is 79.9. The molecule has 108 valence electrons. The van der Waals surface area contributed by atoms with E-state index >= 15 is 0 Å². The van der Waals surface area contributed by atoms with Gasteiger partial charge in [0.15, 0.2) is 0 Å². The summed E-state index contributed by atoms with van der Waals surface area (Å²) in [6.07, 6.45) is 0. The molecule has 0 aliphatic rings. The van der Waals surface area contributed by atoms with E-state index in [4.69, 9.17) is 15.9 Å². The second kappa shape index (κ2) is 5.92. The number of para-hydroxylation sites is 2. The average molecular weight is 350 g/mol. The highest BCUT2D eigenvalue weighted by molar-refractivity contribution is 9.10. The van der Waals surface area contributed by atoms with Gasteiger partial charge in [-0.25, -0.2) is 0 Å². The number of nitrogens with two attached hydrogens (primary N) is 1. The molecule has 7 heteroatoms. The van der Waals surface area contributed by atoms with E-state index in [9.17, 15) is 10.1 Å². The van der Waals surface area contributed by atoms with Crippen molar-refractivity contribution in [3.05, 3.63) is 62.1 Å². The van der Waals surface area contributed by atoms with E-state index in [1.807, 2.05) is 0 Å². The summed E-state index contributed by atoms with van der Waals surface area (Å²) < 4.78 is 6.17. The van der Waals surface area contributed by atoms with Crippen molar-refractivity contribution < 1.29 is 9.66 Å². The number of nitro groups is 1. The largest absolute Gasteiger partial charge is 0.448 e. The normalized spacial score (nSPS) is 10.2. The molecule has 0 spiro atoms. The highest BCUT2D eigenvalue weighted by Gasteiger charge is 2.21. The van der Waals surface area contributed by atoms with Crippen LogP contribution in [0.5, 0.6) is 11.5 Å². The number of halogens is 1. The van der Waals surface area contributed by atoms with Crippen molar-refractivity contribution >= 4 is 27.5 Å². The SMILES string of the molecule is Cc1cccc(C(=N)N)c1Oc1c(Br)cccc1[N+](=O)[O-]. The van der Waals surface area contributed by atoms with E-state index in [2.05, 4.69) is 15.9 Å². The van der Waals surface area contributed by atoms with Crippen LogP contribution in [0.25, 0.3) is 0 Å². The van der Waals surface area contributed by atoms with Gasteiger partial charge in [0.1, 0.15) is 11.6 Å². The molecule has 0 saturated heterocycles. The van der Waals surface area contributed by atoms with Crippen LogP contribution in [0.15, 0.2) is 40.9 Å². The van der Waals surface area contributed by atoms with Crippen molar-refractivity contribution in [1.82, 2.24) is 0 Å². The first-order valence-electron chi connectivity index (χ1n) is 5.96. The first kappa shape index (κ1) is 15.0. The number of benzene rings is 2. The van der Waals surface area contributed by atoms with Gasteiger partial charge in [0.05, 0.1) is 15.0 Å². The Kier molecular flexibility index (Phi) is 4.23. The van der Waals surface area contributed by atoms with Crippen molar-refractivity contribution in [1.29, 1.82) is 5.41 Å². The molecule has 0 fully saturated rings. The van der Waals surface area contributed by atoms with Crippen LogP contribution in [0.1, 0.15) is 11.1 Å². The summed E-state index contributed by atoms with van der Waals surface area (Å²) in [7, 11) is 0. The summed E-state index contributed by atoms with van der Waals surface area (Å²) in [6, 6.07) is 9.71. The summed E-state index contributed by atoms with van der Waals surface area (Å²) in [5.74, 6) is 0.253. The maximum Gasteiger partial charge on any atom is 0.312 e. The lowest BCUT2D eigenvalue weighted by Crippen LogP contribution is -2.13. The van der Waals surface area contributed by atoms with Gasteiger partial charge in [-0.2, -0.15) is 0 Å². The van der Waals surface area contributed by atoms with E-state index < -0.39 is 4.92 Å². The molecule has 2 aromatic carbocycles. The summed E-state index contributed by atoms with van der Waals surface area (Å²) in [5, 5.41) is 18.7. The molecule has 0 aliphatic carbocycles. The second-order valence-corrected chi connectivity index (χ2v) is 5.17. The van der Waals surface area contributed by atoms with Gasteiger partial charge in [0.25, 0.3) is 0 Å². The summed E-state index contributed by atoms with van der Waals surface area (Å²) in [4.78, 5) is 10.6. The lowest BCUT2D eigenvalue weighted by atomic mass is 10.1. The third-order valence-corrected chi connectivity index (χ3v) is 3.47. The molecule has 0 atom stereocenters. The number of aryl methyl sites for hydroxylation is 1. The molecule has 2 rings (SSSR count). The summed E-state index contributed by atoms with van der Waals surface area (Å²) in [5.41, 5.74) is 6.48. The second-order valence-electron chi connectivity index (χ2n) is 4.31. The lowest BCUT2D eigenvalue weighted by molar-refractivity contribution is -0.385. The zero-order valence-electron chi connectivity index (χ0n) is 11.1. The lowest BCUT2D eigenvalue weighted by Gasteiger charge is -2.14. The minimum Gasteiger partial charge on any atom is -0.448 e. The van der Waals surface area contributed by atoms with E-state index in [0.29, 0.717) is 15.8 Å². The maximum absolute atomic E-state index is 11.1. The molecule has 0 amide bonds. The number of rotatable bonds is 4. The minimum absolute atomic E-state index is 0.0827. The first-order chi connectivity index (χ1) is 9.91. The molecule has 6 nitrogen and oxygen atoms in total. The van der Waals surface area contributed by atoms with E-state index in [1.54, 1.807) is 37.3 Å². The van der Waals surface area contributed by atoms with Crippen LogP contribution in [0.4, 0.5) is 5.69 Å². The number of hydrogen-bond acceptors (Lipinski definition) is 4. The predicted molar refractivity (Wildman–Crippen MR) is 83.1 cm³/mol. The van der Waals surface area contributed by atoms with Gasteiger partial charge < -0.3 is 10.5 Å². The summed E-state index contributed by atoms with van der Waals surface area (Å²) in [6.45, 7) is 1.78. The van der Waals surface area contributed by atoms with Crippen LogP contribution in [-0.4, -0.2) is 10.8 Å². The van der Waals surface area contributed by atoms with Gasteiger partial charge in [-0.05, 0) is 40.5 Å². The highest BCUT2D eigenvalue weighted by Crippen LogP contribution is 2.39. The number of amidine groups is 1. The van der Waals surface area contributed by atoms with Gasteiger partial charge in [0.2, 0.25) is 5.75 Å². The molecule has 0 saturated carbocycles. The standard InChI is InChI=1S/C14H12BrN3O3/c1-8-4-2-5-9(14(16)17)12(8)21-13-10(15)6-3-7-11(13)18(19)20/h2-7H,1H3,(H3,16,17). The van der Waals surface area contributed by atoms with Crippen LogP contribution < -0.4 is 10.5 Å². The van der Waals surface area contributed by atoms with Gasteiger partial charge in [-0.15, -0.1) is 0 Å². The van der Waals surface area contributed by atoms with Crippen molar-refractivity contribution in [2.24, 2.45) is 5.73 Å². The molecule has 3 N–H and O–H groups in total. The molecule has 0 radical (unpaired) electrons. The number of hydrogen-bond donors (Lipinski definition) is 2. The fourth-order valence-electron chi connectivity index (χ4n) is 1.84. The van der Waals surface area contributed by atoms with E-state index in [-0.39, 0.29) is 17.3 Å². The Balaban J connectivity index is 2.59. The molecule has 0 aromatic heterocycles. The van der Waals surface area contributed by atoms with Crippen molar-refractivity contribution in [3.63, 3.8) is 0 Å². The van der Waals surface area contributed by atoms with Crippen LogP contribution in [0.2, 0.25) is 0 Å². The Morgan fingerprint density at radius 3 is 2.57 bits per heavy atom. The first-order valence-corrected chi connectivity index (χ1v) is 6.76. The smallest absolute Gasteiger partial charge is 0.312 e. The summed E-state index contributed by atoms with van der Waals surface area (Å²) >= 11 is 3.24. The molecule has 0 bridgehead atoms. The molecule has 2 aromatic rings. The molecule has 0 aliphatic heterocycles. The fraction of sp³-hybridized carbons (Fsp3) is 0.0714. The number of nitrogen functional groups attached to an aromatic ring is 1. The van der Waals surface area contributed by atoms with Gasteiger partial charge in [-0.1, -0.05) is 18.2 Å². The Bertz CT molecular complexity index is 670. The van der Waals surface area contributed by atoms with E-state index in [1.165, 1.54) is 6.07 Å². The minimum atomic E-state index is -0.522. The quantitative estimate of drug-likeness (QED) is 0.379. The Morgan fingerprint density at radius 2 is 1.95 bits per heavy atom. The predicted octanol–water partition coefficient (Wildman–Crippen LogP) is 3.74. The Hall–Kier alpha value is -2.41. The number of nitro benzene ring substituents is 1. The van der Waals surface area contributed by atoms with Gasteiger partial charge in [-0.3, -0.25) is 15.5 Å². The molecule has 21 heavy (non-hydrogen) atoms. The third-order valence-electron chi connectivity index (χ3n) is 2.85. The van der Waals surface area contributed by atoms with Crippen LogP contribution in [0.3, 0.4) is 0 Å². The Labute approximate surface area is 129 Å². The number of nitrogens with zero attached hydrogens (tertiary/aromatic N) is 1. The molecular formula is C14H12BrN3O3. The van der Waals surface area contributed by atoms with E-state index in [0.717, 1.165) is 5.56 Å². The number of nitrogens with one attached hydrogen (secondary N) is 1. The molecular weight excluding hydrogens is 338 g/mol.